The van der Waals surface area contributed by atoms with Crippen LogP contribution in [-0.4, -0.2) is 11.0 Å². The van der Waals surface area contributed by atoms with Gasteiger partial charge in [-0.25, -0.2) is 0 Å². The zero-order chi connectivity index (χ0) is 13.0. The maximum absolute atomic E-state index is 12.1. The van der Waals surface area contributed by atoms with Crippen LogP contribution >= 0.6 is 0 Å². The molecule has 18 heavy (non-hydrogen) atoms. The van der Waals surface area contributed by atoms with Crippen molar-refractivity contribution in [1.29, 1.82) is 0 Å². The highest BCUT2D eigenvalue weighted by Crippen LogP contribution is 2.37. The molecule has 1 aromatic carbocycles. The van der Waals surface area contributed by atoms with E-state index in [1.165, 1.54) is 0 Å². The van der Waals surface area contributed by atoms with E-state index in [0.717, 1.165) is 36.8 Å². The van der Waals surface area contributed by atoms with Crippen molar-refractivity contribution < 1.29 is 9.90 Å². The van der Waals surface area contributed by atoms with Crippen molar-refractivity contribution in [1.82, 2.24) is 5.32 Å². The fraction of sp³-hybridized carbons (Fsp3) is 0.533. The number of benzene rings is 1. The van der Waals surface area contributed by atoms with Crippen LogP contribution in [0.5, 0.6) is 0 Å². The topological polar surface area (TPSA) is 49.3 Å². The lowest BCUT2D eigenvalue weighted by Crippen LogP contribution is -2.36. The lowest BCUT2D eigenvalue weighted by Gasteiger charge is -2.22. The van der Waals surface area contributed by atoms with Gasteiger partial charge in [-0.1, -0.05) is 44.0 Å². The molecule has 98 valence electrons. The van der Waals surface area contributed by atoms with Gasteiger partial charge >= 0.3 is 0 Å². The summed E-state index contributed by atoms with van der Waals surface area (Å²) in [5.41, 5.74) is 1.81. The summed E-state index contributed by atoms with van der Waals surface area (Å²) >= 11 is 0. The summed E-state index contributed by atoms with van der Waals surface area (Å²) in [6.07, 6.45) is 4.33. The van der Waals surface area contributed by atoms with Crippen molar-refractivity contribution in [3.05, 3.63) is 35.4 Å². The Balaban J connectivity index is 1.88. The predicted octanol–water partition coefficient (Wildman–Crippen LogP) is 2.38. The molecule has 0 unspecified atom stereocenters. The van der Waals surface area contributed by atoms with Crippen molar-refractivity contribution in [3.63, 3.8) is 0 Å². The van der Waals surface area contributed by atoms with Crippen LogP contribution in [0.2, 0.25) is 0 Å². The number of hydrogen-bond donors (Lipinski definition) is 2. The molecule has 0 atom stereocenters. The minimum atomic E-state index is -0.162. The van der Waals surface area contributed by atoms with E-state index in [9.17, 15) is 4.79 Å². The van der Waals surface area contributed by atoms with E-state index in [2.05, 4.69) is 12.2 Å². The van der Waals surface area contributed by atoms with Gasteiger partial charge in [-0.05, 0) is 24.0 Å². The van der Waals surface area contributed by atoms with Gasteiger partial charge in [-0.2, -0.15) is 0 Å². The van der Waals surface area contributed by atoms with Crippen LogP contribution in [0.1, 0.15) is 43.7 Å². The second kappa shape index (κ2) is 5.53. The lowest BCUT2D eigenvalue weighted by molar-refractivity contribution is -0.130. The van der Waals surface area contributed by atoms with Crippen LogP contribution in [0.15, 0.2) is 24.3 Å². The van der Waals surface area contributed by atoms with E-state index >= 15 is 0 Å². The Morgan fingerprint density at radius 1 is 1.22 bits per heavy atom. The summed E-state index contributed by atoms with van der Waals surface area (Å²) in [6.45, 7) is 2.69. The molecule has 1 amide bonds. The van der Waals surface area contributed by atoms with Crippen LogP contribution in [-0.2, 0) is 17.9 Å². The number of carbonyl (C=O) groups excluding carboxylic acids is 1. The Morgan fingerprint density at radius 2 is 1.78 bits per heavy atom. The van der Waals surface area contributed by atoms with Gasteiger partial charge in [-0.15, -0.1) is 0 Å². The summed E-state index contributed by atoms with van der Waals surface area (Å²) in [6, 6.07) is 7.67. The molecule has 0 radical (unpaired) electrons. The van der Waals surface area contributed by atoms with E-state index in [4.69, 9.17) is 5.11 Å². The number of nitrogens with one attached hydrogen (secondary N) is 1. The Kier molecular flexibility index (Phi) is 4.02. The molecular weight excluding hydrogens is 226 g/mol. The predicted molar refractivity (Wildman–Crippen MR) is 70.8 cm³/mol. The molecule has 2 rings (SSSR count). The number of aliphatic hydroxyl groups excluding tert-OH is 1. The minimum absolute atomic E-state index is 0.0602. The Labute approximate surface area is 108 Å². The zero-order valence-corrected chi connectivity index (χ0v) is 10.9. The van der Waals surface area contributed by atoms with Gasteiger partial charge in [0.1, 0.15) is 0 Å². The third kappa shape index (κ3) is 2.91. The molecule has 2 N–H and O–H groups in total. The Hall–Kier alpha value is -1.35. The van der Waals surface area contributed by atoms with Crippen molar-refractivity contribution in [2.24, 2.45) is 5.41 Å². The van der Waals surface area contributed by atoms with Crippen LogP contribution in [0.25, 0.3) is 0 Å². The zero-order valence-electron chi connectivity index (χ0n) is 10.9. The molecule has 0 aliphatic heterocycles. The molecule has 1 saturated carbocycles. The van der Waals surface area contributed by atoms with E-state index in [1.807, 2.05) is 24.3 Å². The van der Waals surface area contributed by atoms with Gasteiger partial charge < -0.3 is 10.4 Å². The SMILES string of the molecule is CC1(C(=O)NCc2ccc(CO)cc2)CCCC1. The average molecular weight is 247 g/mol. The highest BCUT2D eigenvalue weighted by atomic mass is 16.3. The molecule has 1 fully saturated rings. The fourth-order valence-electron chi connectivity index (χ4n) is 2.54. The molecule has 0 heterocycles. The number of hydrogen-bond acceptors (Lipinski definition) is 2. The molecule has 0 saturated heterocycles. The molecular formula is C15H21NO2. The maximum atomic E-state index is 12.1. The molecule has 1 aromatic rings. The van der Waals surface area contributed by atoms with Crippen LogP contribution in [0.4, 0.5) is 0 Å². The van der Waals surface area contributed by atoms with Crippen molar-refractivity contribution >= 4 is 5.91 Å². The molecule has 0 aromatic heterocycles. The number of carbonyl (C=O) groups is 1. The quantitative estimate of drug-likeness (QED) is 0.858. The van der Waals surface area contributed by atoms with Crippen molar-refractivity contribution in [3.8, 4) is 0 Å². The van der Waals surface area contributed by atoms with Crippen LogP contribution in [0.3, 0.4) is 0 Å². The summed E-state index contributed by atoms with van der Waals surface area (Å²) < 4.78 is 0. The monoisotopic (exact) mass is 247 g/mol. The Morgan fingerprint density at radius 3 is 2.33 bits per heavy atom. The van der Waals surface area contributed by atoms with E-state index in [1.54, 1.807) is 0 Å². The Bertz CT molecular complexity index is 405. The molecule has 3 heteroatoms. The molecule has 0 bridgehead atoms. The number of aliphatic hydroxyl groups is 1. The fourth-order valence-corrected chi connectivity index (χ4v) is 2.54. The molecule has 3 nitrogen and oxygen atoms in total. The van der Waals surface area contributed by atoms with Crippen LogP contribution < -0.4 is 5.32 Å². The van der Waals surface area contributed by atoms with E-state index in [-0.39, 0.29) is 17.9 Å². The second-order valence-corrected chi connectivity index (χ2v) is 5.43. The lowest BCUT2D eigenvalue weighted by atomic mass is 9.88. The van der Waals surface area contributed by atoms with Gasteiger partial charge in [0.2, 0.25) is 5.91 Å². The highest BCUT2D eigenvalue weighted by Gasteiger charge is 2.35. The second-order valence-electron chi connectivity index (χ2n) is 5.43. The summed E-state index contributed by atoms with van der Waals surface area (Å²) in [4.78, 5) is 12.1. The third-order valence-electron chi connectivity index (χ3n) is 3.91. The van der Waals surface area contributed by atoms with Gasteiger partial charge in [-0.3, -0.25) is 4.79 Å². The van der Waals surface area contributed by atoms with Gasteiger partial charge in [0.05, 0.1) is 6.61 Å². The first-order valence-electron chi connectivity index (χ1n) is 6.61. The van der Waals surface area contributed by atoms with E-state index in [0.29, 0.717) is 6.54 Å². The standard InChI is InChI=1S/C15H21NO2/c1-15(8-2-3-9-15)14(18)16-10-12-4-6-13(11-17)7-5-12/h4-7,17H,2-3,8-11H2,1H3,(H,16,18). The highest BCUT2D eigenvalue weighted by molar-refractivity contribution is 5.82. The molecule has 1 aliphatic carbocycles. The van der Waals surface area contributed by atoms with Crippen LogP contribution in [0, 0.1) is 5.41 Å². The molecule has 0 spiro atoms. The third-order valence-corrected chi connectivity index (χ3v) is 3.91. The summed E-state index contributed by atoms with van der Waals surface area (Å²) in [5.74, 6) is 0.172. The minimum Gasteiger partial charge on any atom is -0.392 e. The largest absolute Gasteiger partial charge is 0.392 e. The van der Waals surface area contributed by atoms with Crippen molar-refractivity contribution in [2.45, 2.75) is 45.8 Å². The summed E-state index contributed by atoms with van der Waals surface area (Å²) in [5, 5.41) is 12.0. The van der Waals surface area contributed by atoms with Crippen molar-refractivity contribution in [2.75, 3.05) is 0 Å². The normalized spacial score (nSPS) is 17.7. The number of rotatable bonds is 4. The maximum Gasteiger partial charge on any atom is 0.226 e. The van der Waals surface area contributed by atoms with Gasteiger partial charge in [0, 0.05) is 12.0 Å². The average Bonchev–Trinajstić information content (AvgIpc) is 2.85. The first-order valence-corrected chi connectivity index (χ1v) is 6.61. The van der Waals surface area contributed by atoms with Gasteiger partial charge in [0.25, 0.3) is 0 Å². The molecule has 1 aliphatic rings. The van der Waals surface area contributed by atoms with Gasteiger partial charge in [0.15, 0.2) is 0 Å². The first kappa shape index (κ1) is 13.1. The number of amides is 1. The summed E-state index contributed by atoms with van der Waals surface area (Å²) in [7, 11) is 0. The van der Waals surface area contributed by atoms with E-state index < -0.39 is 0 Å². The first-order chi connectivity index (χ1) is 8.64. The smallest absolute Gasteiger partial charge is 0.226 e.